The highest BCUT2D eigenvalue weighted by Crippen LogP contribution is 2.37. The van der Waals surface area contributed by atoms with Gasteiger partial charge in [-0.15, -0.1) is 0 Å². The number of nitrogens with two attached hydrogens (primary N) is 1. The predicted molar refractivity (Wildman–Crippen MR) is 95.2 cm³/mol. The number of nitrogens with zero attached hydrogens (tertiary/aromatic N) is 4. The SMILES string of the molecule is [2H]C1([2H])C([2H])([2H])C([2H])([2H])C([2H])(n2cnc(-c3ccc(F)cc3)c2-c2ccnc(N)n2)C([2H])([2H])C1([2H])[2H]. The number of rotatable bonds is 3. The summed E-state index contributed by atoms with van der Waals surface area (Å²) in [7, 11) is 0. The van der Waals surface area contributed by atoms with Gasteiger partial charge in [0.15, 0.2) is 0 Å². The molecule has 2 heterocycles. The summed E-state index contributed by atoms with van der Waals surface area (Å²) in [6.45, 7) is 0. The van der Waals surface area contributed by atoms with Crippen molar-refractivity contribution in [3.05, 3.63) is 48.7 Å². The van der Waals surface area contributed by atoms with Crippen LogP contribution >= 0.6 is 0 Å². The number of nitrogen functional groups attached to an aromatic ring is 1. The van der Waals surface area contributed by atoms with Crippen LogP contribution in [0.3, 0.4) is 0 Å². The van der Waals surface area contributed by atoms with Gasteiger partial charge >= 0.3 is 0 Å². The largest absolute Gasteiger partial charge is 0.368 e. The first kappa shape index (κ1) is 7.64. The van der Waals surface area contributed by atoms with Crippen LogP contribution in [0, 0.1) is 5.82 Å². The van der Waals surface area contributed by atoms with Crippen molar-refractivity contribution in [1.29, 1.82) is 0 Å². The van der Waals surface area contributed by atoms with Crippen LogP contribution < -0.4 is 5.73 Å². The maximum absolute atomic E-state index is 13.6. The van der Waals surface area contributed by atoms with E-state index < -0.39 is 43.7 Å². The van der Waals surface area contributed by atoms with E-state index in [2.05, 4.69) is 15.0 Å². The Morgan fingerprint density at radius 3 is 2.60 bits per heavy atom. The number of hydrogen-bond acceptors (Lipinski definition) is 4. The van der Waals surface area contributed by atoms with Crippen molar-refractivity contribution >= 4 is 5.95 Å². The van der Waals surface area contributed by atoms with E-state index in [-0.39, 0.29) is 28.6 Å². The molecule has 0 saturated heterocycles. The first-order valence-corrected chi connectivity index (χ1v) is 7.29. The number of hydrogen-bond donors (Lipinski definition) is 1. The number of benzene rings is 1. The summed E-state index contributed by atoms with van der Waals surface area (Å²) >= 11 is 0. The molecule has 0 unspecified atom stereocenters. The lowest BCUT2D eigenvalue weighted by atomic mass is 9.95. The van der Waals surface area contributed by atoms with Gasteiger partial charge in [-0.25, -0.2) is 19.3 Å². The molecule has 0 spiro atoms. The number of halogens is 1. The Morgan fingerprint density at radius 1 is 1.12 bits per heavy atom. The molecule has 25 heavy (non-hydrogen) atoms. The van der Waals surface area contributed by atoms with Crippen molar-refractivity contribution in [3.8, 4) is 22.6 Å². The van der Waals surface area contributed by atoms with Crippen molar-refractivity contribution in [2.75, 3.05) is 5.73 Å². The monoisotopic (exact) mass is 348 g/mol. The maximum Gasteiger partial charge on any atom is 0.220 e. The van der Waals surface area contributed by atoms with E-state index in [1.54, 1.807) is 0 Å². The Kier molecular flexibility index (Phi) is 2.02. The van der Waals surface area contributed by atoms with Crippen molar-refractivity contribution in [2.24, 2.45) is 0 Å². The van der Waals surface area contributed by atoms with E-state index in [0.29, 0.717) is 4.57 Å². The number of aromatic nitrogens is 4. The Balaban J connectivity index is 2.13. The molecular weight excluding hydrogens is 317 g/mol. The van der Waals surface area contributed by atoms with Crippen molar-refractivity contribution in [1.82, 2.24) is 19.5 Å². The number of anilines is 1. The minimum atomic E-state index is -3.70. The average Bonchev–Trinajstić information content (AvgIpc) is 3.23. The third-order valence-electron chi connectivity index (χ3n) is 3.53. The molecule has 0 radical (unpaired) electrons. The lowest BCUT2D eigenvalue weighted by molar-refractivity contribution is 0.355. The highest BCUT2D eigenvalue weighted by Gasteiger charge is 2.23. The summed E-state index contributed by atoms with van der Waals surface area (Å²) in [5.74, 6) is -0.826. The fourth-order valence-corrected chi connectivity index (χ4v) is 2.45. The molecule has 1 fully saturated rings. The van der Waals surface area contributed by atoms with Crippen LogP contribution in [-0.4, -0.2) is 19.5 Å². The maximum atomic E-state index is 13.6. The van der Waals surface area contributed by atoms with Crippen LogP contribution in [0.25, 0.3) is 22.6 Å². The molecule has 0 atom stereocenters. The minimum Gasteiger partial charge on any atom is -0.368 e. The molecule has 1 aromatic carbocycles. The second-order valence-corrected chi connectivity index (χ2v) is 5.09. The summed E-state index contributed by atoms with van der Waals surface area (Å²) in [6.07, 6.45) is -16.4. The Morgan fingerprint density at radius 2 is 1.88 bits per heavy atom. The van der Waals surface area contributed by atoms with E-state index >= 15 is 0 Å². The fourth-order valence-electron chi connectivity index (χ4n) is 2.45. The third-order valence-corrected chi connectivity index (χ3v) is 3.53. The highest BCUT2D eigenvalue weighted by molar-refractivity contribution is 5.77. The highest BCUT2D eigenvalue weighted by atomic mass is 19.1. The molecule has 6 heteroatoms. The van der Waals surface area contributed by atoms with Gasteiger partial charge in [-0.2, -0.15) is 0 Å². The van der Waals surface area contributed by atoms with Gasteiger partial charge in [0.2, 0.25) is 5.95 Å². The molecule has 0 aliphatic heterocycles. The summed E-state index contributed by atoms with van der Waals surface area (Å²) < 4.78 is 107. The molecule has 128 valence electrons. The Labute approximate surface area is 161 Å². The van der Waals surface area contributed by atoms with E-state index in [1.807, 2.05) is 0 Å². The zero-order chi connectivity index (χ0) is 27.1. The third kappa shape index (κ3) is 3.12. The smallest absolute Gasteiger partial charge is 0.220 e. The van der Waals surface area contributed by atoms with Crippen LogP contribution in [0.15, 0.2) is 42.9 Å². The van der Waals surface area contributed by atoms with Crippen LogP contribution in [-0.2, 0) is 0 Å². The Hall–Kier alpha value is -2.76. The average molecular weight is 348 g/mol. The lowest BCUT2D eigenvalue weighted by Gasteiger charge is -2.25. The zero-order valence-electron chi connectivity index (χ0n) is 23.8. The van der Waals surface area contributed by atoms with E-state index in [9.17, 15) is 4.39 Å². The molecule has 4 rings (SSSR count). The lowest BCUT2D eigenvalue weighted by Crippen LogP contribution is -2.13. The quantitative estimate of drug-likeness (QED) is 0.769. The van der Waals surface area contributed by atoms with Gasteiger partial charge in [0, 0.05) is 31.5 Å². The van der Waals surface area contributed by atoms with E-state index in [4.69, 9.17) is 20.8 Å². The molecule has 0 bridgehead atoms. The first-order valence-electron chi connectivity index (χ1n) is 12.8. The van der Waals surface area contributed by atoms with Gasteiger partial charge in [-0.1, -0.05) is 19.1 Å². The van der Waals surface area contributed by atoms with Crippen LogP contribution in [0.5, 0.6) is 0 Å². The number of imidazole rings is 1. The van der Waals surface area contributed by atoms with Gasteiger partial charge < -0.3 is 10.3 Å². The summed E-state index contributed by atoms with van der Waals surface area (Å²) in [5.41, 5.74) is 5.55. The van der Waals surface area contributed by atoms with Gasteiger partial charge in [-0.3, -0.25) is 0 Å². The molecule has 1 saturated carbocycles. The normalized spacial score (nSPS) is 33.2. The minimum absolute atomic E-state index is 0.0407. The molecule has 2 aromatic heterocycles. The van der Waals surface area contributed by atoms with Crippen molar-refractivity contribution in [3.63, 3.8) is 0 Å². The zero-order valence-corrected chi connectivity index (χ0v) is 12.8. The fraction of sp³-hybridized carbons (Fsp3) is 0.316. The van der Waals surface area contributed by atoms with Crippen LogP contribution in [0.4, 0.5) is 10.3 Å². The second-order valence-electron chi connectivity index (χ2n) is 5.09. The first-order chi connectivity index (χ1) is 16.4. The van der Waals surface area contributed by atoms with Crippen molar-refractivity contribution in [2.45, 2.75) is 37.9 Å². The van der Waals surface area contributed by atoms with Crippen LogP contribution in [0.2, 0.25) is 0 Å². The van der Waals surface area contributed by atoms with E-state index in [0.717, 1.165) is 18.5 Å². The van der Waals surface area contributed by atoms with Crippen molar-refractivity contribution < 1.29 is 19.5 Å². The standard InChI is InChI=1S/C19H20FN5/c20-14-8-6-13(7-9-14)17-18(16-10-11-22-19(21)24-16)25(12-23-17)15-4-2-1-3-5-15/h6-12,15H,1-5H2,(H2,21,22,24)/i1D2,2D2,3D2,4D2,5D2,15D. The summed E-state index contributed by atoms with van der Waals surface area (Å²) in [5, 5.41) is 0. The second kappa shape index (κ2) is 6.63. The summed E-state index contributed by atoms with van der Waals surface area (Å²) in [6, 6.07) is 2.65. The van der Waals surface area contributed by atoms with Gasteiger partial charge in [0.1, 0.15) is 5.82 Å². The van der Waals surface area contributed by atoms with Gasteiger partial charge in [-0.05, 0) is 43.1 Å². The molecule has 2 N–H and O–H groups in total. The molecule has 1 aliphatic carbocycles. The molecule has 1 aliphatic rings. The Bertz CT molecular complexity index is 1290. The van der Waals surface area contributed by atoms with Crippen LogP contribution in [0.1, 0.15) is 53.0 Å². The van der Waals surface area contributed by atoms with Gasteiger partial charge in [0.25, 0.3) is 0 Å². The summed E-state index contributed by atoms with van der Waals surface area (Å²) in [4.78, 5) is 12.0. The molecule has 3 aromatic rings. The topological polar surface area (TPSA) is 69.6 Å². The predicted octanol–water partition coefficient (Wildman–Crippen LogP) is 4.23. The van der Waals surface area contributed by atoms with Gasteiger partial charge in [0.05, 0.1) is 24.8 Å². The molecule has 0 amide bonds. The molecule has 5 nitrogen and oxygen atoms in total. The molecular formula is C19H20FN5. The van der Waals surface area contributed by atoms with E-state index in [1.165, 1.54) is 24.4 Å².